The van der Waals surface area contributed by atoms with E-state index in [0.29, 0.717) is 5.56 Å². The summed E-state index contributed by atoms with van der Waals surface area (Å²) in [4.78, 5) is 52.5. The number of aliphatic hydroxyl groups excluding tert-OH is 2. The third-order valence-corrected chi connectivity index (χ3v) is 5.77. The summed E-state index contributed by atoms with van der Waals surface area (Å²) < 4.78 is 0. The van der Waals surface area contributed by atoms with E-state index >= 15 is 0 Å². The number of aromatic amines is 1. The molecular formula is C22H31N5O7S. The molecule has 3 amide bonds. The number of nitrogens with two attached hydrogens (primary N) is 1. The third-order valence-electron chi connectivity index (χ3n) is 5.37. The summed E-state index contributed by atoms with van der Waals surface area (Å²) in [5.74, 6) is -3.99. The Balaban J connectivity index is 2.15. The molecule has 0 radical (unpaired) electrons. The topological polar surface area (TPSA) is 207 Å². The Morgan fingerprint density at radius 1 is 0.971 bits per heavy atom. The number of benzene rings is 1. The van der Waals surface area contributed by atoms with Crippen LogP contribution in [0.5, 0.6) is 0 Å². The molecule has 35 heavy (non-hydrogen) atoms. The summed E-state index contributed by atoms with van der Waals surface area (Å²) in [6.07, 6.45) is -1.20. The van der Waals surface area contributed by atoms with Crippen molar-refractivity contribution in [2.45, 2.75) is 56.6 Å². The van der Waals surface area contributed by atoms with Crippen molar-refractivity contribution in [3.05, 3.63) is 36.0 Å². The molecule has 12 nitrogen and oxygen atoms in total. The molecule has 0 aliphatic rings. The van der Waals surface area contributed by atoms with Crippen molar-refractivity contribution in [1.29, 1.82) is 0 Å². The highest BCUT2D eigenvalue weighted by Gasteiger charge is 2.34. The van der Waals surface area contributed by atoms with Gasteiger partial charge in [-0.05, 0) is 25.5 Å². The van der Waals surface area contributed by atoms with Gasteiger partial charge in [0.2, 0.25) is 17.7 Å². The van der Waals surface area contributed by atoms with Gasteiger partial charge in [0.05, 0.1) is 18.2 Å². The Morgan fingerprint density at radius 2 is 1.51 bits per heavy atom. The van der Waals surface area contributed by atoms with Crippen LogP contribution >= 0.6 is 12.6 Å². The van der Waals surface area contributed by atoms with Gasteiger partial charge >= 0.3 is 5.97 Å². The van der Waals surface area contributed by atoms with E-state index in [9.17, 15) is 34.5 Å². The van der Waals surface area contributed by atoms with Crippen LogP contribution in [0.15, 0.2) is 30.5 Å². The molecule has 192 valence electrons. The molecule has 2 rings (SSSR count). The molecule has 9 N–H and O–H groups in total. The van der Waals surface area contributed by atoms with Gasteiger partial charge in [-0.1, -0.05) is 18.2 Å². The lowest BCUT2D eigenvalue weighted by Crippen LogP contribution is -2.62. The third kappa shape index (κ3) is 7.42. The lowest BCUT2D eigenvalue weighted by molar-refractivity contribution is -0.143. The Kier molecular flexibility index (Phi) is 10.1. The second-order valence-corrected chi connectivity index (χ2v) is 8.57. The molecule has 0 saturated heterocycles. The number of nitrogens with one attached hydrogen (secondary N) is 4. The summed E-state index contributed by atoms with van der Waals surface area (Å²) in [5, 5.41) is 37.4. The lowest BCUT2D eigenvalue weighted by Gasteiger charge is -2.27. The molecule has 0 bridgehead atoms. The largest absolute Gasteiger partial charge is 0.480 e. The van der Waals surface area contributed by atoms with Crippen molar-refractivity contribution < 1.29 is 34.5 Å². The average molecular weight is 510 g/mol. The minimum absolute atomic E-state index is 0.00824. The van der Waals surface area contributed by atoms with Crippen molar-refractivity contribution >= 4 is 47.2 Å². The smallest absolute Gasteiger partial charge is 0.326 e. The molecule has 1 heterocycles. The summed E-state index contributed by atoms with van der Waals surface area (Å²) in [6.45, 7) is 2.47. The van der Waals surface area contributed by atoms with Crippen LogP contribution in [0.3, 0.4) is 0 Å². The van der Waals surface area contributed by atoms with Gasteiger partial charge in [0.15, 0.2) is 0 Å². The first-order valence-corrected chi connectivity index (χ1v) is 11.5. The number of H-pyrrole nitrogens is 1. The number of thiol groups is 1. The van der Waals surface area contributed by atoms with Crippen molar-refractivity contribution in [2.24, 2.45) is 5.73 Å². The molecule has 0 spiro atoms. The molecule has 0 aliphatic carbocycles. The molecule has 0 saturated carbocycles. The van der Waals surface area contributed by atoms with E-state index in [4.69, 9.17) is 5.73 Å². The maximum atomic E-state index is 12.9. The number of aliphatic hydroxyl groups is 2. The number of carboxylic acids is 1. The Labute approximate surface area is 207 Å². The van der Waals surface area contributed by atoms with Gasteiger partial charge in [-0.25, -0.2) is 4.79 Å². The van der Waals surface area contributed by atoms with Crippen LogP contribution < -0.4 is 21.7 Å². The van der Waals surface area contributed by atoms with E-state index in [1.807, 2.05) is 18.2 Å². The maximum absolute atomic E-state index is 12.9. The van der Waals surface area contributed by atoms with Crippen molar-refractivity contribution in [1.82, 2.24) is 20.9 Å². The summed E-state index contributed by atoms with van der Waals surface area (Å²) in [7, 11) is 0. The van der Waals surface area contributed by atoms with Gasteiger partial charge in [-0.2, -0.15) is 12.6 Å². The van der Waals surface area contributed by atoms with Gasteiger partial charge in [-0.15, -0.1) is 0 Å². The predicted octanol–water partition coefficient (Wildman–Crippen LogP) is -1.73. The minimum atomic E-state index is -1.57. The number of aliphatic carboxylic acids is 1. The minimum Gasteiger partial charge on any atom is -0.480 e. The van der Waals surface area contributed by atoms with Crippen LogP contribution in [0, 0.1) is 0 Å². The van der Waals surface area contributed by atoms with E-state index in [2.05, 4.69) is 33.6 Å². The second kappa shape index (κ2) is 12.5. The summed E-state index contributed by atoms with van der Waals surface area (Å²) in [6, 6.07) is 1.81. The molecule has 1 aromatic carbocycles. The van der Waals surface area contributed by atoms with Crippen molar-refractivity contribution in [3.63, 3.8) is 0 Å². The average Bonchev–Trinajstić information content (AvgIpc) is 3.21. The first-order chi connectivity index (χ1) is 16.5. The number of hydrogen-bond donors (Lipinski definition) is 9. The van der Waals surface area contributed by atoms with Crippen molar-refractivity contribution in [3.8, 4) is 0 Å². The zero-order valence-electron chi connectivity index (χ0n) is 19.3. The van der Waals surface area contributed by atoms with Crippen LogP contribution in [-0.4, -0.2) is 86.1 Å². The van der Waals surface area contributed by atoms with Crippen LogP contribution in [0.1, 0.15) is 19.4 Å². The first-order valence-electron chi connectivity index (χ1n) is 10.9. The molecule has 0 aliphatic heterocycles. The molecule has 13 heteroatoms. The SMILES string of the molecule is CC(O)C(NC(=O)C(N)CS)C(=O)NC(C(=O)NC(Cc1c[nH]c2ccccc12)C(=O)O)C(C)O. The van der Waals surface area contributed by atoms with E-state index in [1.165, 1.54) is 13.8 Å². The number of carbonyl (C=O) groups excluding carboxylic acids is 3. The summed E-state index contributed by atoms with van der Waals surface area (Å²) in [5.41, 5.74) is 7.03. The van der Waals surface area contributed by atoms with Crippen LogP contribution in [0.4, 0.5) is 0 Å². The highest BCUT2D eigenvalue weighted by atomic mass is 32.1. The van der Waals surface area contributed by atoms with Gasteiger partial charge in [0.1, 0.15) is 18.1 Å². The standard InChI is InChI=1S/C22H31N5O7S/c1-10(28)17(27-21(32)18(11(2)29)26-19(30)14(23)9-35)20(31)25-16(22(33)34)7-12-8-24-15-6-4-3-5-13(12)15/h3-6,8,10-11,14,16-18,24,28-29,35H,7,9,23H2,1-2H3,(H,25,31)(H,26,30)(H,27,32)(H,33,34). The highest BCUT2D eigenvalue weighted by Crippen LogP contribution is 2.19. The van der Waals surface area contributed by atoms with Gasteiger partial charge in [0.25, 0.3) is 0 Å². The fraction of sp³-hybridized carbons (Fsp3) is 0.455. The fourth-order valence-electron chi connectivity index (χ4n) is 3.38. The van der Waals surface area contributed by atoms with E-state index in [1.54, 1.807) is 12.3 Å². The Morgan fingerprint density at radius 3 is 2.06 bits per heavy atom. The zero-order chi connectivity index (χ0) is 26.3. The van der Waals surface area contributed by atoms with Gasteiger partial charge < -0.3 is 42.0 Å². The van der Waals surface area contributed by atoms with E-state index in [0.717, 1.165) is 10.9 Å². The monoisotopic (exact) mass is 509 g/mol. The van der Waals surface area contributed by atoms with E-state index in [-0.39, 0.29) is 12.2 Å². The lowest BCUT2D eigenvalue weighted by atomic mass is 10.0. The second-order valence-electron chi connectivity index (χ2n) is 8.21. The van der Waals surface area contributed by atoms with E-state index < -0.39 is 60.1 Å². The number of carbonyl (C=O) groups is 4. The number of fused-ring (bicyclic) bond motifs is 1. The van der Waals surface area contributed by atoms with Crippen LogP contribution in [0.25, 0.3) is 10.9 Å². The molecule has 0 fully saturated rings. The van der Waals surface area contributed by atoms with Crippen molar-refractivity contribution in [2.75, 3.05) is 5.75 Å². The number of aromatic nitrogens is 1. The molecular weight excluding hydrogens is 478 g/mol. The van der Waals surface area contributed by atoms with Gasteiger partial charge in [0, 0.05) is 29.3 Å². The maximum Gasteiger partial charge on any atom is 0.326 e. The molecule has 1 aromatic heterocycles. The molecule has 6 atom stereocenters. The van der Waals surface area contributed by atoms with Crippen LogP contribution in [-0.2, 0) is 25.6 Å². The summed E-state index contributed by atoms with van der Waals surface area (Å²) >= 11 is 3.90. The molecule has 2 aromatic rings. The number of amides is 3. The normalized spacial score (nSPS) is 16.4. The Bertz CT molecular complexity index is 1060. The highest BCUT2D eigenvalue weighted by molar-refractivity contribution is 7.80. The Hall–Kier alpha value is -3.13. The predicted molar refractivity (Wildman–Crippen MR) is 131 cm³/mol. The van der Waals surface area contributed by atoms with Crippen LogP contribution in [0.2, 0.25) is 0 Å². The number of carboxylic acid groups (broad SMARTS) is 1. The number of para-hydroxylation sites is 1. The quantitative estimate of drug-likeness (QED) is 0.150. The first kappa shape index (κ1) is 28.1. The van der Waals surface area contributed by atoms with Gasteiger partial charge in [-0.3, -0.25) is 14.4 Å². The number of rotatable bonds is 12. The zero-order valence-corrected chi connectivity index (χ0v) is 20.2. The number of hydrogen-bond acceptors (Lipinski definition) is 8. The fourth-order valence-corrected chi connectivity index (χ4v) is 3.54. The molecule has 6 unspecified atom stereocenters.